The molecule has 1 amide bonds. The maximum absolute atomic E-state index is 14.4. The second-order valence-electron chi connectivity index (χ2n) is 6.66. The van der Waals surface area contributed by atoms with Gasteiger partial charge in [0.15, 0.2) is 0 Å². The summed E-state index contributed by atoms with van der Waals surface area (Å²) in [6.07, 6.45) is 1.35. The highest BCUT2D eigenvalue weighted by molar-refractivity contribution is 7.13. The van der Waals surface area contributed by atoms with E-state index in [1.807, 2.05) is 22.4 Å². The summed E-state index contributed by atoms with van der Waals surface area (Å²) in [5.41, 5.74) is 0.978. The van der Waals surface area contributed by atoms with Crippen molar-refractivity contribution < 1.29 is 18.4 Å². The average molecular weight is 416 g/mol. The van der Waals surface area contributed by atoms with Crippen LogP contribution in [0.5, 0.6) is 0 Å². The number of nitrogens with zero attached hydrogens (tertiary/aromatic N) is 3. The molecule has 0 saturated carbocycles. The number of carbonyl (C=O) groups is 1. The lowest BCUT2D eigenvalue weighted by molar-refractivity contribution is -0.116. The number of ether oxygens (including phenoxy) is 1. The van der Waals surface area contributed by atoms with Gasteiger partial charge in [-0.2, -0.15) is 4.98 Å². The third-order valence-corrected chi connectivity index (χ3v) is 5.45. The molecule has 1 N–H and O–H groups in total. The van der Waals surface area contributed by atoms with E-state index in [1.54, 1.807) is 23.5 Å². The van der Waals surface area contributed by atoms with Crippen LogP contribution in [-0.4, -0.2) is 42.4 Å². The van der Waals surface area contributed by atoms with E-state index in [4.69, 9.17) is 9.26 Å². The Balaban J connectivity index is 1.26. The number of benzene rings is 1. The molecule has 9 heteroatoms. The van der Waals surface area contributed by atoms with E-state index in [0.717, 1.165) is 4.88 Å². The van der Waals surface area contributed by atoms with Crippen molar-refractivity contribution in [1.82, 2.24) is 10.1 Å². The van der Waals surface area contributed by atoms with Crippen LogP contribution < -0.4 is 10.2 Å². The highest BCUT2D eigenvalue weighted by atomic mass is 32.1. The minimum Gasteiger partial charge on any atom is -0.378 e. The van der Waals surface area contributed by atoms with Gasteiger partial charge in [-0.15, -0.1) is 11.3 Å². The number of rotatable bonds is 7. The van der Waals surface area contributed by atoms with Crippen molar-refractivity contribution in [2.45, 2.75) is 19.3 Å². The standard InChI is InChI=1S/C20H21FN4O3S/c21-15-13-14(6-7-16(15)25-8-10-27-11-9-25)22-18(26)4-1-5-19-23-20(24-28-19)17-3-2-12-29-17/h2-3,6-7,12-13H,1,4-5,8-11H2,(H,22,26). The van der Waals surface area contributed by atoms with Gasteiger partial charge in [0.1, 0.15) is 5.82 Å². The van der Waals surface area contributed by atoms with Crippen molar-refractivity contribution in [2.75, 3.05) is 36.5 Å². The van der Waals surface area contributed by atoms with Crippen LogP contribution in [0.15, 0.2) is 40.2 Å². The summed E-state index contributed by atoms with van der Waals surface area (Å²) in [5, 5.41) is 8.64. The van der Waals surface area contributed by atoms with Crippen molar-refractivity contribution >= 4 is 28.6 Å². The Morgan fingerprint density at radius 3 is 2.90 bits per heavy atom. The fourth-order valence-electron chi connectivity index (χ4n) is 3.13. The van der Waals surface area contributed by atoms with Crippen molar-refractivity contribution in [3.8, 4) is 10.7 Å². The Bertz CT molecular complexity index is 955. The molecule has 7 nitrogen and oxygen atoms in total. The molecule has 2 aromatic heterocycles. The van der Waals surface area contributed by atoms with Crippen molar-refractivity contribution in [2.24, 2.45) is 0 Å². The first-order valence-electron chi connectivity index (χ1n) is 9.47. The van der Waals surface area contributed by atoms with Crippen LogP contribution in [0.1, 0.15) is 18.7 Å². The van der Waals surface area contributed by atoms with Gasteiger partial charge in [-0.3, -0.25) is 4.79 Å². The van der Waals surface area contributed by atoms with Gasteiger partial charge >= 0.3 is 0 Å². The zero-order valence-corrected chi connectivity index (χ0v) is 16.6. The van der Waals surface area contributed by atoms with Crippen LogP contribution in [0.2, 0.25) is 0 Å². The molecule has 1 fully saturated rings. The molecule has 1 saturated heterocycles. The Labute approximate surface area is 171 Å². The predicted molar refractivity (Wildman–Crippen MR) is 109 cm³/mol. The first-order chi connectivity index (χ1) is 14.2. The topological polar surface area (TPSA) is 80.5 Å². The Hall–Kier alpha value is -2.78. The number of aryl methyl sites for hydroxylation is 1. The van der Waals surface area contributed by atoms with E-state index in [9.17, 15) is 9.18 Å². The summed E-state index contributed by atoms with van der Waals surface area (Å²) < 4.78 is 24.9. The van der Waals surface area contributed by atoms with Crippen LogP contribution >= 0.6 is 11.3 Å². The van der Waals surface area contributed by atoms with Gasteiger partial charge in [0, 0.05) is 31.6 Å². The molecule has 152 valence electrons. The molecular formula is C20H21FN4O3S. The number of anilines is 2. The van der Waals surface area contributed by atoms with E-state index in [1.165, 1.54) is 6.07 Å². The van der Waals surface area contributed by atoms with Crippen molar-refractivity contribution in [1.29, 1.82) is 0 Å². The van der Waals surface area contributed by atoms with Crippen LogP contribution in [0.25, 0.3) is 10.7 Å². The van der Waals surface area contributed by atoms with E-state index in [2.05, 4.69) is 15.5 Å². The molecule has 3 heterocycles. The summed E-state index contributed by atoms with van der Waals surface area (Å²) in [7, 11) is 0. The molecule has 4 rings (SSSR count). The summed E-state index contributed by atoms with van der Waals surface area (Å²) in [6, 6.07) is 8.62. The predicted octanol–water partition coefficient (Wildman–Crippen LogP) is 3.74. The maximum Gasteiger partial charge on any atom is 0.226 e. The number of morpholine rings is 1. The van der Waals surface area contributed by atoms with Gasteiger partial charge in [-0.1, -0.05) is 11.2 Å². The average Bonchev–Trinajstić information content (AvgIpc) is 3.41. The van der Waals surface area contributed by atoms with Crippen molar-refractivity contribution in [3.05, 3.63) is 47.4 Å². The molecule has 0 unspecified atom stereocenters. The molecule has 0 aliphatic carbocycles. The third-order valence-electron chi connectivity index (χ3n) is 4.59. The van der Waals surface area contributed by atoms with Gasteiger partial charge < -0.3 is 19.5 Å². The number of hydrogen-bond donors (Lipinski definition) is 1. The fourth-order valence-corrected chi connectivity index (χ4v) is 3.78. The lowest BCUT2D eigenvalue weighted by atomic mass is 10.2. The summed E-state index contributed by atoms with van der Waals surface area (Å²) in [6.45, 7) is 2.50. The molecule has 0 atom stereocenters. The zero-order chi connectivity index (χ0) is 20.1. The number of carbonyl (C=O) groups excluding carboxylic acids is 1. The molecule has 1 aliphatic heterocycles. The van der Waals surface area contributed by atoms with Gasteiger partial charge in [0.25, 0.3) is 0 Å². The van der Waals surface area contributed by atoms with Gasteiger partial charge in [0.2, 0.25) is 17.6 Å². The minimum absolute atomic E-state index is 0.179. The largest absolute Gasteiger partial charge is 0.378 e. The summed E-state index contributed by atoms with van der Waals surface area (Å²) in [4.78, 5) is 19.4. The second-order valence-corrected chi connectivity index (χ2v) is 7.60. The maximum atomic E-state index is 14.4. The molecule has 0 spiro atoms. The lowest BCUT2D eigenvalue weighted by Gasteiger charge is -2.29. The van der Waals surface area contributed by atoms with Crippen LogP contribution in [0, 0.1) is 5.82 Å². The SMILES string of the molecule is O=C(CCCc1nc(-c2cccs2)no1)Nc1ccc(N2CCOCC2)c(F)c1. The summed E-state index contributed by atoms with van der Waals surface area (Å²) in [5.74, 6) is 0.538. The fraction of sp³-hybridized carbons (Fsp3) is 0.350. The summed E-state index contributed by atoms with van der Waals surface area (Å²) >= 11 is 1.54. The zero-order valence-electron chi connectivity index (χ0n) is 15.8. The molecule has 29 heavy (non-hydrogen) atoms. The number of nitrogens with one attached hydrogen (secondary N) is 1. The van der Waals surface area contributed by atoms with Crippen LogP contribution in [-0.2, 0) is 16.0 Å². The van der Waals surface area contributed by atoms with Gasteiger partial charge in [-0.25, -0.2) is 4.39 Å². The van der Waals surface area contributed by atoms with Crippen molar-refractivity contribution in [3.63, 3.8) is 0 Å². The molecule has 1 aromatic carbocycles. The van der Waals surface area contributed by atoms with Gasteiger partial charge in [0.05, 0.1) is 23.8 Å². The number of thiophene rings is 1. The van der Waals surface area contributed by atoms with E-state index in [-0.39, 0.29) is 18.1 Å². The molecule has 3 aromatic rings. The highest BCUT2D eigenvalue weighted by Gasteiger charge is 2.16. The Morgan fingerprint density at radius 1 is 1.28 bits per heavy atom. The first-order valence-corrected chi connectivity index (χ1v) is 10.4. The third kappa shape index (κ3) is 4.99. The smallest absolute Gasteiger partial charge is 0.226 e. The number of aromatic nitrogens is 2. The number of halogens is 1. The van der Waals surface area contributed by atoms with E-state index >= 15 is 0 Å². The monoisotopic (exact) mass is 416 g/mol. The van der Waals surface area contributed by atoms with Crippen LogP contribution in [0.3, 0.4) is 0 Å². The van der Waals surface area contributed by atoms with Gasteiger partial charge in [-0.05, 0) is 36.1 Å². The van der Waals surface area contributed by atoms with E-state index < -0.39 is 0 Å². The normalized spacial score (nSPS) is 14.2. The minimum atomic E-state index is -0.350. The van der Waals surface area contributed by atoms with E-state index in [0.29, 0.717) is 62.2 Å². The number of hydrogen-bond acceptors (Lipinski definition) is 7. The Morgan fingerprint density at radius 2 is 2.14 bits per heavy atom. The molecule has 1 aliphatic rings. The molecular weight excluding hydrogens is 395 g/mol. The second kappa shape index (κ2) is 9.15. The lowest BCUT2D eigenvalue weighted by Crippen LogP contribution is -2.36. The molecule has 0 bridgehead atoms. The highest BCUT2D eigenvalue weighted by Crippen LogP contribution is 2.24. The van der Waals surface area contributed by atoms with Crippen LogP contribution in [0.4, 0.5) is 15.8 Å². The number of amides is 1. The first kappa shape index (κ1) is 19.5. The Kier molecular flexibility index (Phi) is 6.16. The molecule has 0 radical (unpaired) electrons. The quantitative estimate of drug-likeness (QED) is 0.632.